The van der Waals surface area contributed by atoms with E-state index in [-0.39, 0.29) is 18.5 Å². The van der Waals surface area contributed by atoms with Crippen LogP contribution in [0.2, 0.25) is 0 Å². The number of hydrogen-bond acceptors (Lipinski definition) is 6. The number of alkyl halides is 3. The lowest BCUT2D eigenvalue weighted by Crippen LogP contribution is -2.54. The number of benzene rings is 1. The molecule has 0 bridgehead atoms. The molecule has 1 aromatic carbocycles. The van der Waals surface area contributed by atoms with E-state index >= 15 is 0 Å². The van der Waals surface area contributed by atoms with E-state index in [1.54, 1.807) is 35.6 Å². The summed E-state index contributed by atoms with van der Waals surface area (Å²) in [6, 6.07) is 7.12. The van der Waals surface area contributed by atoms with Crippen LogP contribution in [0.5, 0.6) is 0 Å². The average molecular weight is 479 g/mol. The number of aryl methyl sites for hydroxylation is 3. The number of amides is 1. The minimum absolute atomic E-state index is 0.0877. The second-order valence-electron chi connectivity index (χ2n) is 8.28. The highest BCUT2D eigenvalue weighted by Gasteiger charge is 2.38. The van der Waals surface area contributed by atoms with Gasteiger partial charge in [-0.2, -0.15) is 18.3 Å². The number of rotatable bonds is 4. The molecule has 176 valence electrons. The van der Waals surface area contributed by atoms with Gasteiger partial charge < -0.3 is 9.80 Å². The maximum absolute atomic E-state index is 13.5. The summed E-state index contributed by atoms with van der Waals surface area (Å²) in [5, 5.41) is 3.86. The first-order valence-corrected chi connectivity index (χ1v) is 11.4. The lowest BCUT2D eigenvalue weighted by Gasteiger charge is -2.40. The van der Waals surface area contributed by atoms with Crippen molar-refractivity contribution in [2.45, 2.75) is 46.5 Å². The van der Waals surface area contributed by atoms with Gasteiger partial charge in [0.25, 0.3) is 0 Å². The van der Waals surface area contributed by atoms with Gasteiger partial charge in [-0.15, -0.1) is 0 Å². The highest BCUT2D eigenvalue weighted by atomic mass is 32.1. The van der Waals surface area contributed by atoms with Crippen LogP contribution in [-0.2, 0) is 17.5 Å². The van der Waals surface area contributed by atoms with Gasteiger partial charge in [-0.3, -0.25) is 4.79 Å². The molecule has 1 fully saturated rings. The number of anilines is 1. The van der Waals surface area contributed by atoms with Crippen molar-refractivity contribution in [1.29, 1.82) is 0 Å². The molecule has 7 nitrogen and oxygen atoms in total. The van der Waals surface area contributed by atoms with Crippen LogP contribution in [0.15, 0.2) is 24.3 Å². The van der Waals surface area contributed by atoms with Gasteiger partial charge >= 0.3 is 6.18 Å². The molecule has 0 N–H and O–H groups in total. The molecule has 1 saturated heterocycles. The van der Waals surface area contributed by atoms with Crippen LogP contribution in [0.25, 0.3) is 11.3 Å². The van der Waals surface area contributed by atoms with Crippen molar-refractivity contribution in [3.63, 3.8) is 0 Å². The van der Waals surface area contributed by atoms with E-state index in [9.17, 15) is 18.0 Å². The maximum atomic E-state index is 13.5. The molecule has 0 radical (unpaired) electrons. The first-order valence-electron chi connectivity index (χ1n) is 10.6. The molecular weight excluding hydrogens is 453 g/mol. The van der Waals surface area contributed by atoms with Crippen molar-refractivity contribution in [2.24, 2.45) is 0 Å². The molecule has 2 aromatic heterocycles. The Morgan fingerprint density at radius 3 is 2.39 bits per heavy atom. The van der Waals surface area contributed by atoms with Crippen molar-refractivity contribution in [2.75, 3.05) is 24.5 Å². The molecule has 33 heavy (non-hydrogen) atoms. The minimum Gasteiger partial charge on any atom is -0.358 e. The van der Waals surface area contributed by atoms with Gasteiger partial charge in [-0.05, 0) is 27.7 Å². The summed E-state index contributed by atoms with van der Waals surface area (Å²) in [4.78, 5) is 24.7. The predicted molar refractivity (Wildman–Crippen MR) is 120 cm³/mol. The predicted octanol–water partition coefficient (Wildman–Crippen LogP) is 4.08. The van der Waals surface area contributed by atoms with Crippen molar-refractivity contribution in [3.8, 4) is 11.3 Å². The Morgan fingerprint density at radius 2 is 1.82 bits per heavy atom. The number of halogens is 3. The smallest absolute Gasteiger partial charge is 0.358 e. The van der Waals surface area contributed by atoms with Gasteiger partial charge in [0.15, 0.2) is 0 Å². The summed E-state index contributed by atoms with van der Waals surface area (Å²) >= 11 is 0.655. The fourth-order valence-corrected chi connectivity index (χ4v) is 4.98. The molecule has 3 aromatic rings. The van der Waals surface area contributed by atoms with E-state index in [2.05, 4.69) is 15.1 Å². The number of aromatic nitrogens is 4. The topological polar surface area (TPSA) is 67.2 Å². The van der Waals surface area contributed by atoms with E-state index in [1.165, 1.54) is 0 Å². The zero-order valence-corrected chi connectivity index (χ0v) is 19.7. The van der Waals surface area contributed by atoms with Crippen LogP contribution in [0.3, 0.4) is 0 Å². The summed E-state index contributed by atoms with van der Waals surface area (Å²) in [6.45, 7) is 8.72. The Labute approximate surface area is 193 Å². The average Bonchev–Trinajstić information content (AvgIpc) is 3.32. The van der Waals surface area contributed by atoms with Crippen molar-refractivity contribution in [1.82, 2.24) is 24.6 Å². The fraction of sp³-hybridized carbons (Fsp3) is 0.455. The Morgan fingerprint density at radius 1 is 1.12 bits per heavy atom. The van der Waals surface area contributed by atoms with Crippen LogP contribution in [0.1, 0.15) is 29.1 Å². The first kappa shape index (κ1) is 23.2. The summed E-state index contributed by atoms with van der Waals surface area (Å²) in [5.41, 5.74) is 1.99. The number of carbonyl (C=O) groups excluding carboxylic acids is 1. The quantitative estimate of drug-likeness (QED) is 0.565. The zero-order valence-electron chi connectivity index (χ0n) is 18.8. The van der Waals surface area contributed by atoms with E-state index in [4.69, 9.17) is 0 Å². The lowest BCUT2D eigenvalue weighted by molar-refractivity contribution is -0.137. The molecule has 0 saturated carbocycles. The van der Waals surface area contributed by atoms with Crippen LogP contribution < -0.4 is 4.90 Å². The van der Waals surface area contributed by atoms with Crippen molar-refractivity contribution in [3.05, 3.63) is 46.5 Å². The van der Waals surface area contributed by atoms with Gasteiger partial charge in [0, 0.05) is 31.2 Å². The summed E-state index contributed by atoms with van der Waals surface area (Å²) in [6.07, 6.45) is -4.51. The molecule has 4 rings (SSSR count). The van der Waals surface area contributed by atoms with E-state index in [0.717, 1.165) is 5.56 Å². The second-order valence-corrected chi connectivity index (χ2v) is 9.26. The Balaban J connectivity index is 1.56. The molecule has 1 amide bonds. The zero-order chi connectivity index (χ0) is 23.9. The number of nitrogens with zero attached hydrogens (tertiary/aromatic N) is 6. The third-order valence-corrected chi connectivity index (χ3v) is 6.82. The number of carbonyl (C=O) groups is 1. The van der Waals surface area contributed by atoms with Crippen LogP contribution in [0, 0.1) is 20.8 Å². The Bertz CT molecular complexity index is 1150. The summed E-state index contributed by atoms with van der Waals surface area (Å²) in [7, 11) is 0. The van der Waals surface area contributed by atoms with Crippen molar-refractivity contribution < 1.29 is 18.0 Å². The third-order valence-electron chi connectivity index (χ3n) is 5.66. The van der Waals surface area contributed by atoms with Gasteiger partial charge in [-0.25, -0.2) is 14.6 Å². The fourth-order valence-electron chi connectivity index (χ4n) is 3.99. The molecule has 0 aliphatic carbocycles. The SMILES string of the molecule is Cc1ccc(-c2nc(C(F)(F)F)sc2N2CCN(C(=O)Cn3nc(C)nc3C)C(C)C2)cc1. The largest absolute Gasteiger partial charge is 0.443 e. The summed E-state index contributed by atoms with van der Waals surface area (Å²) < 4.78 is 42.0. The first-order chi connectivity index (χ1) is 15.5. The van der Waals surface area contributed by atoms with E-state index < -0.39 is 11.2 Å². The highest BCUT2D eigenvalue weighted by Crippen LogP contribution is 2.43. The number of piperazine rings is 1. The molecule has 1 aliphatic heterocycles. The Kier molecular flexibility index (Phi) is 6.17. The van der Waals surface area contributed by atoms with E-state index in [1.807, 2.05) is 30.9 Å². The molecule has 1 atom stereocenters. The van der Waals surface area contributed by atoms with Gasteiger partial charge in [0.05, 0.1) is 0 Å². The lowest BCUT2D eigenvalue weighted by atomic mass is 10.1. The minimum atomic E-state index is -4.51. The normalized spacial score (nSPS) is 17.0. The second kappa shape index (κ2) is 8.77. The monoisotopic (exact) mass is 478 g/mol. The van der Waals surface area contributed by atoms with Crippen molar-refractivity contribution >= 4 is 22.2 Å². The third kappa shape index (κ3) is 4.87. The molecule has 11 heteroatoms. The van der Waals surface area contributed by atoms with Crippen LogP contribution in [-0.4, -0.2) is 56.2 Å². The number of thiazole rings is 1. The van der Waals surface area contributed by atoms with Crippen LogP contribution in [0.4, 0.5) is 18.2 Å². The summed E-state index contributed by atoms with van der Waals surface area (Å²) in [5.74, 6) is 1.18. The molecule has 1 unspecified atom stereocenters. The van der Waals surface area contributed by atoms with Gasteiger partial charge in [-0.1, -0.05) is 41.2 Å². The van der Waals surface area contributed by atoms with Crippen LogP contribution >= 0.6 is 11.3 Å². The van der Waals surface area contributed by atoms with Gasteiger partial charge in [0.2, 0.25) is 10.9 Å². The number of hydrogen-bond donors (Lipinski definition) is 0. The molecular formula is C22H25F3N6OS. The standard InChI is InChI=1S/C22H25F3N6OS/c1-13-5-7-17(8-6-13)19-20(33-21(27-19)22(23,24)25)29-9-10-30(14(2)11-29)18(32)12-31-16(4)26-15(3)28-31/h5-8,14H,9-12H2,1-4H3. The Hall–Kier alpha value is -2.95. The maximum Gasteiger partial charge on any atom is 0.443 e. The molecule has 1 aliphatic rings. The van der Waals surface area contributed by atoms with Gasteiger partial charge in [0.1, 0.15) is 28.9 Å². The molecule has 0 spiro atoms. The highest BCUT2D eigenvalue weighted by molar-refractivity contribution is 7.16. The van der Waals surface area contributed by atoms with E-state index in [0.29, 0.717) is 58.9 Å². The molecule has 3 heterocycles.